The predicted molar refractivity (Wildman–Crippen MR) is 132 cm³/mol. The molecule has 1 aromatic carbocycles. The lowest BCUT2D eigenvalue weighted by molar-refractivity contribution is -0.0403. The Bertz CT molecular complexity index is 488. The number of aliphatic hydroxyl groups excluding tert-OH is 1. The molecular formula is C28H50O3. The summed E-state index contributed by atoms with van der Waals surface area (Å²) in [6.45, 7) is 5.29. The van der Waals surface area contributed by atoms with E-state index in [2.05, 4.69) is 38.1 Å². The second-order valence-corrected chi connectivity index (χ2v) is 9.56. The van der Waals surface area contributed by atoms with Gasteiger partial charge in [-0.15, -0.1) is 0 Å². The number of hydrogen-bond acceptors (Lipinski definition) is 3. The zero-order valence-electron chi connectivity index (χ0n) is 20.7. The highest BCUT2D eigenvalue weighted by molar-refractivity contribution is 5.17. The van der Waals surface area contributed by atoms with E-state index in [0.717, 1.165) is 12.3 Å². The Morgan fingerprint density at radius 1 is 0.677 bits per heavy atom. The van der Waals surface area contributed by atoms with Gasteiger partial charge in [-0.3, -0.25) is 0 Å². The first-order valence-electron chi connectivity index (χ1n) is 13.0. The molecule has 0 aromatic heterocycles. The smallest absolute Gasteiger partial charge is 0.101 e. The molecule has 0 fully saturated rings. The molecule has 1 rings (SSSR count). The zero-order valence-corrected chi connectivity index (χ0v) is 20.7. The molecule has 0 bridgehead atoms. The van der Waals surface area contributed by atoms with Crippen LogP contribution < -0.4 is 0 Å². The summed E-state index contributed by atoms with van der Waals surface area (Å²) in [5.74, 6) is 0.866. The highest BCUT2D eigenvalue weighted by Gasteiger charge is 2.14. The topological polar surface area (TPSA) is 38.7 Å². The van der Waals surface area contributed by atoms with Crippen molar-refractivity contribution in [2.24, 2.45) is 5.92 Å². The van der Waals surface area contributed by atoms with E-state index in [-0.39, 0.29) is 6.10 Å². The first-order chi connectivity index (χ1) is 15.1. The zero-order chi connectivity index (χ0) is 22.6. The lowest BCUT2D eigenvalue weighted by atomic mass is 10.0. The van der Waals surface area contributed by atoms with Crippen LogP contribution in [0.15, 0.2) is 30.3 Å². The number of ether oxygens (including phenoxy) is 2. The summed E-state index contributed by atoms with van der Waals surface area (Å²) >= 11 is 0. The molecule has 0 saturated heterocycles. The van der Waals surface area contributed by atoms with E-state index in [1.54, 1.807) is 7.11 Å². The van der Waals surface area contributed by atoms with Crippen molar-refractivity contribution in [1.82, 2.24) is 0 Å². The maximum Gasteiger partial charge on any atom is 0.101 e. The van der Waals surface area contributed by atoms with E-state index in [1.165, 1.54) is 89.0 Å². The van der Waals surface area contributed by atoms with Crippen LogP contribution in [0, 0.1) is 5.92 Å². The molecule has 3 heteroatoms. The third-order valence-corrected chi connectivity index (χ3v) is 6.02. The van der Waals surface area contributed by atoms with Crippen molar-refractivity contribution >= 4 is 0 Å². The van der Waals surface area contributed by atoms with Gasteiger partial charge in [0.25, 0.3) is 0 Å². The monoisotopic (exact) mass is 434 g/mol. The van der Waals surface area contributed by atoms with Crippen LogP contribution in [0.3, 0.4) is 0 Å². The molecule has 0 spiro atoms. The van der Waals surface area contributed by atoms with E-state index in [4.69, 9.17) is 9.47 Å². The van der Waals surface area contributed by atoms with Gasteiger partial charge in [0.1, 0.15) is 6.10 Å². The molecule has 31 heavy (non-hydrogen) atoms. The van der Waals surface area contributed by atoms with Crippen LogP contribution in [-0.2, 0) is 9.47 Å². The molecule has 0 heterocycles. The van der Waals surface area contributed by atoms with Crippen LogP contribution in [0.1, 0.15) is 115 Å². The SMILES string of the molecule is COCC(O)COC(CCCCCCCCCCCCCCC(C)C)c1ccccc1. The molecule has 180 valence electrons. The van der Waals surface area contributed by atoms with Gasteiger partial charge in [0, 0.05) is 7.11 Å². The first-order valence-corrected chi connectivity index (χ1v) is 13.0. The van der Waals surface area contributed by atoms with Crippen molar-refractivity contribution in [2.75, 3.05) is 20.3 Å². The lowest BCUT2D eigenvalue weighted by Gasteiger charge is -2.20. The molecule has 1 aromatic rings. The summed E-state index contributed by atoms with van der Waals surface area (Å²) in [6.07, 6.45) is 18.4. The summed E-state index contributed by atoms with van der Waals surface area (Å²) in [6, 6.07) is 10.4. The van der Waals surface area contributed by atoms with E-state index in [9.17, 15) is 5.11 Å². The minimum Gasteiger partial charge on any atom is -0.388 e. The largest absolute Gasteiger partial charge is 0.388 e. The number of benzene rings is 1. The van der Waals surface area contributed by atoms with Crippen molar-refractivity contribution in [1.29, 1.82) is 0 Å². The Morgan fingerprint density at radius 3 is 1.65 bits per heavy atom. The third kappa shape index (κ3) is 16.4. The van der Waals surface area contributed by atoms with E-state index >= 15 is 0 Å². The number of aliphatic hydroxyl groups is 1. The first kappa shape index (κ1) is 28.1. The molecule has 2 atom stereocenters. The Morgan fingerprint density at radius 2 is 1.16 bits per heavy atom. The second kappa shape index (κ2) is 19.8. The molecule has 3 nitrogen and oxygen atoms in total. The number of rotatable bonds is 21. The lowest BCUT2D eigenvalue weighted by Crippen LogP contribution is -2.22. The van der Waals surface area contributed by atoms with Gasteiger partial charge in [-0.25, -0.2) is 0 Å². The third-order valence-electron chi connectivity index (χ3n) is 6.02. The minimum absolute atomic E-state index is 0.0632. The van der Waals surface area contributed by atoms with Crippen molar-refractivity contribution in [3.63, 3.8) is 0 Å². The second-order valence-electron chi connectivity index (χ2n) is 9.56. The standard InChI is InChI=1S/C28H50O3/c1-25(2)19-15-12-10-8-6-4-5-7-9-11-13-18-22-28(26-20-16-14-17-21-26)31-24-27(29)23-30-3/h14,16-17,20-21,25,27-29H,4-13,15,18-19,22-24H2,1-3H3. The molecular weight excluding hydrogens is 384 g/mol. The van der Waals surface area contributed by atoms with Crippen molar-refractivity contribution in [3.8, 4) is 0 Å². The van der Waals surface area contributed by atoms with Gasteiger partial charge in [-0.2, -0.15) is 0 Å². The highest BCUT2D eigenvalue weighted by atomic mass is 16.5. The molecule has 0 amide bonds. The van der Waals surface area contributed by atoms with E-state index < -0.39 is 6.10 Å². The van der Waals surface area contributed by atoms with Crippen LogP contribution in [-0.4, -0.2) is 31.5 Å². The Hall–Kier alpha value is -0.900. The van der Waals surface area contributed by atoms with Crippen molar-refractivity contribution in [2.45, 2.75) is 116 Å². The molecule has 0 aliphatic rings. The maximum absolute atomic E-state index is 9.90. The van der Waals surface area contributed by atoms with Crippen LogP contribution in [0.5, 0.6) is 0 Å². The van der Waals surface area contributed by atoms with Gasteiger partial charge >= 0.3 is 0 Å². The van der Waals surface area contributed by atoms with Crippen LogP contribution in [0.25, 0.3) is 0 Å². The molecule has 2 unspecified atom stereocenters. The molecule has 0 aliphatic heterocycles. The highest BCUT2D eigenvalue weighted by Crippen LogP contribution is 2.24. The molecule has 0 radical (unpaired) electrons. The summed E-state index contributed by atoms with van der Waals surface area (Å²) in [5, 5.41) is 9.90. The molecule has 1 N–H and O–H groups in total. The fraction of sp³-hybridized carbons (Fsp3) is 0.786. The fourth-order valence-electron chi connectivity index (χ4n) is 4.13. The number of hydrogen-bond donors (Lipinski definition) is 1. The van der Waals surface area contributed by atoms with Crippen molar-refractivity contribution in [3.05, 3.63) is 35.9 Å². The van der Waals surface area contributed by atoms with Gasteiger partial charge in [0.05, 0.1) is 19.3 Å². The quantitative estimate of drug-likeness (QED) is 0.200. The molecule has 0 saturated carbocycles. The fourth-order valence-corrected chi connectivity index (χ4v) is 4.13. The van der Waals surface area contributed by atoms with Gasteiger partial charge in [0.2, 0.25) is 0 Å². The Balaban J connectivity index is 2.04. The van der Waals surface area contributed by atoms with Crippen LogP contribution in [0.4, 0.5) is 0 Å². The van der Waals surface area contributed by atoms with E-state index in [0.29, 0.717) is 13.2 Å². The van der Waals surface area contributed by atoms with Crippen LogP contribution >= 0.6 is 0 Å². The van der Waals surface area contributed by atoms with Gasteiger partial charge in [-0.1, -0.05) is 128 Å². The van der Waals surface area contributed by atoms with Gasteiger partial charge in [-0.05, 0) is 17.9 Å². The molecule has 0 aliphatic carbocycles. The van der Waals surface area contributed by atoms with E-state index in [1.807, 2.05) is 6.07 Å². The van der Waals surface area contributed by atoms with Gasteiger partial charge < -0.3 is 14.6 Å². The average Bonchev–Trinajstić information content (AvgIpc) is 2.76. The summed E-state index contributed by atoms with van der Waals surface area (Å²) < 4.78 is 11.0. The normalized spacial score (nSPS) is 13.6. The summed E-state index contributed by atoms with van der Waals surface area (Å²) in [5.41, 5.74) is 1.20. The Labute approximate surface area is 192 Å². The van der Waals surface area contributed by atoms with Crippen LogP contribution in [0.2, 0.25) is 0 Å². The van der Waals surface area contributed by atoms with Gasteiger partial charge in [0.15, 0.2) is 0 Å². The predicted octanol–water partition coefficient (Wildman–Crippen LogP) is 7.87. The summed E-state index contributed by atoms with van der Waals surface area (Å²) in [4.78, 5) is 0. The Kier molecular flexibility index (Phi) is 17.9. The summed E-state index contributed by atoms with van der Waals surface area (Å²) in [7, 11) is 1.60. The van der Waals surface area contributed by atoms with Crippen molar-refractivity contribution < 1.29 is 14.6 Å². The maximum atomic E-state index is 9.90. The number of methoxy groups -OCH3 is 1. The average molecular weight is 435 g/mol. The number of unbranched alkanes of at least 4 members (excludes halogenated alkanes) is 11. The minimum atomic E-state index is -0.559.